The molecule has 0 radical (unpaired) electrons. The summed E-state index contributed by atoms with van der Waals surface area (Å²) < 4.78 is 9.94. The smallest absolute Gasteiger partial charge is 0.274 e. The lowest BCUT2D eigenvalue weighted by Gasteiger charge is -2.17. The van der Waals surface area contributed by atoms with Gasteiger partial charge in [-0.1, -0.05) is 11.6 Å². The van der Waals surface area contributed by atoms with Gasteiger partial charge in [0, 0.05) is 24.8 Å². The number of nitrogens with zero attached hydrogens (tertiary/aromatic N) is 5. The van der Waals surface area contributed by atoms with E-state index in [-0.39, 0.29) is 12.6 Å². The number of ether oxygens (including phenoxy) is 1. The van der Waals surface area contributed by atoms with E-state index < -0.39 is 0 Å². The van der Waals surface area contributed by atoms with Crippen LogP contribution in [0, 0.1) is 0 Å². The highest BCUT2D eigenvalue weighted by Gasteiger charge is 2.18. The van der Waals surface area contributed by atoms with Crippen molar-refractivity contribution in [3.8, 4) is 5.75 Å². The molecule has 7 nitrogen and oxygen atoms in total. The van der Waals surface area contributed by atoms with Crippen LogP contribution in [-0.4, -0.2) is 37.4 Å². The Labute approximate surface area is 170 Å². The van der Waals surface area contributed by atoms with Crippen LogP contribution in [0.4, 0.5) is 0 Å². The minimum absolute atomic E-state index is 0.170. The zero-order valence-corrected chi connectivity index (χ0v) is 17.3. The number of halogens is 2. The quantitative estimate of drug-likeness (QED) is 0.546. The van der Waals surface area contributed by atoms with Crippen molar-refractivity contribution in [2.24, 2.45) is 0 Å². The summed E-state index contributed by atoms with van der Waals surface area (Å²) in [5.74, 6) is 0.508. The molecule has 1 aromatic carbocycles. The Bertz CT molecular complexity index is 922. The van der Waals surface area contributed by atoms with Crippen LogP contribution in [0.5, 0.6) is 5.75 Å². The second-order valence-electron chi connectivity index (χ2n) is 5.88. The number of rotatable bonds is 7. The average Bonchev–Trinajstić information content (AvgIpc) is 3.28. The van der Waals surface area contributed by atoms with Crippen LogP contribution < -0.4 is 4.74 Å². The van der Waals surface area contributed by atoms with Crippen LogP contribution in [0.2, 0.25) is 5.02 Å². The molecule has 0 unspecified atom stereocenters. The van der Waals surface area contributed by atoms with Crippen LogP contribution in [0.1, 0.15) is 23.1 Å². The van der Waals surface area contributed by atoms with E-state index in [4.69, 9.17) is 16.3 Å². The Kier molecular flexibility index (Phi) is 6.18. The van der Waals surface area contributed by atoms with Crippen molar-refractivity contribution >= 4 is 33.4 Å². The van der Waals surface area contributed by atoms with Gasteiger partial charge in [0.05, 0.1) is 22.9 Å². The number of carbonyl (C=O) groups is 1. The highest BCUT2D eigenvalue weighted by Crippen LogP contribution is 2.19. The largest absolute Gasteiger partial charge is 0.471 e. The van der Waals surface area contributed by atoms with Crippen LogP contribution in [-0.2, 0) is 19.8 Å². The molecule has 0 aliphatic rings. The normalized spacial score (nSPS) is 10.8. The Morgan fingerprint density at radius 2 is 2.04 bits per heavy atom. The number of carbonyl (C=O) groups excluding carboxylic acids is 1. The molecule has 0 atom stereocenters. The average molecular weight is 453 g/mol. The molecule has 142 valence electrons. The molecule has 3 rings (SSSR count). The van der Waals surface area contributed by atoms with Crippen molar-refractivity contribution in [1.29, 1.82) is 0 Å². The van der Waals surface area contributed by atoms with Gasteiger partial charge in [-0.15, -0.1) is 0 Å². The molecule has 2 aromatic heterocycles. The summed E-state index contributed by atoms with van der Waals surface area (Å²) in [6, 6.07) is 8.74. The number of hydrogen-bond donors (Lipinski definition) is 0. The highest BCUT2D eigenvalue weighted by atomic mass is 79.9. The lowest BCUT2D eigenvalue weighted by atomic mass is 10.3. The van der Waals surface area contributed by atoms with Gasteiger partial charge in [-0.2, -0.15) is 10.2 Å². The van der Waals surface area contributed by atoms with Gasteiger partial charge in [-0.05, 0) is 53.2 Å². The number of aromatic nitrogens is 4. The summed E-state index contributed by atoms with van der Waals surface area (Å²) in [6.45, 7) is 3.38. The Hall–Kier alpha value is -2.32. The molecule has 0 fully saturated rings. The first-order valence-corrected chi connectivity index (χ1v) is 9.52. The lowest BCUT2D eigenvalue weighted by Crippen LogP contribution is -2.28. The van der Waals surface area contributed by atoms with Crippen LogP contribution in [0.3, 0.4) is 0 Å². The second kappa shape index (κ2) is 8.58. The molecule has 1 amide bonds. The maximum Gasteiger partial charge on any atom is 0.274 e. The van der Waals surface area contributed by atoms with E-state index >= 15 is 0 Å². The number of amides is 1. The van der Waals surface area contributed by atoms with Crippen molar-refractivity contribution in [1.82, 2.24) is 24.5 Å². The number of aryl methyl sites for hydroxylation is 1. The molecular weight excluding hydrogens is 434 g/mol. The molecule has 0 aliphatic carbocycles. The highest BCUT2D eigenvalue weighted by molar-refractivity contribution is 9.10. The minimum atomic E-state index is -0.170. The maximum atomic E-state index is 12.7. The van der Waals surface area contributed by atoms with Gasteiger partial charge < -0.3 is 9.64 Å². The Morgan fingerprint density at radius 3 is 2.74 bits per heavy atom. The third kappa shape index (κ3) is 4.70. The zero-order chi connectivity index (χ0) is 19.4. The van der Waals surface area contributed by atoms with Crippen molar-refractivity contribution in [3.05, 3.63) is 63.6 Å². The zero-order valence-electron chi connectivity index (χ0n) is 15.0. The van der Waals surface area contributed by atoms with Crippen LogP contribution >= 0.6 is 27.5 Å². The number of hydrogen-bond acceptors (Lipinski definition) is 4. The van der Waals surface area contributed by atoms with Crippen molar-refractivity contribution in [3.63, 3.8) is 0 Å². The molecule has 0 bridgehead atoms. The summed E-state index contributed by atoms with van der Waals surface area (Å²) >= 11 is 9.33. The molecule has 0 aliphatic heterocycles. The van der Waals surface area contributed by atoms with E-state index in [0.717, 1.165) is 16.7 Å². The third-order valence-electron chi connectivity index (χ3n) is 3.97. The second-order valence-corrected chi connectivity index (χ2v) is 7.17. The molecule has 0 spiro atoms. The first-order valence-electron chi connectivity index (χ1n) is 8.35. The first-order chi connectivity index (χ1) is 13.0. The fourth-order valence-electron chi connectivity index (χ4n) is 2.53. The van der Waals surface area contributed by atoms with Crippen molar-refractivity contribution < 1.29 is 9.53 Å². The SMILES string of the molecule is CCn1ncc(Br)c1CN(C)C(=O)c1ccn(COc2ccc(Cl)cc2)n1. The monoisotopic (exact) mass is 451 g/mol. The summed E-state index contributed by atoms with van der Waals surface area (Å²) in [6.07, 6.45) is 3.45. The van der Waals surface area contributed by atoms with Gasteiger partial charge >= 0.3 is 0 Å². The Morgan fingerprint density at radius 1 is 1.30 bits per heavy atom. The molecule has 27 heavy (non-hydrogen) atoms. The molecule has 3 aromatic rings. The van der Waals surface area contributed by atoms with Crippen LogP contribution in [0.15, 0.2) is 47.2 Å². The van der Waals surface area contributed by atoms with E-state index in [0.29, 0.717) is 23.0 Å². The molecule has 0 saturated heterocycles. The van der Waals surface area contributed by atoms with Gasteiger partial charge in [0.15, 0.2) is 12.4 Å². The summed E-state index contributed by atoms with van der Waals surface area (Å²) in [5.41, 5.74) is 1.30. The Balaban J connectivity index is 1.62. The number of benzene rings is 1. The van der Waals surface area contributed by atoms with Gasteiger partial charge in [-0.3, -0.25) is 9.48 Å². The van der Waals surface area contributed by atoms with Gasteiger partial charge in [0.2, 0.25) is 0 Å². The van der Waals surface area contributed by atoms with Gasteiger partial charge in [0.1, 0.15) is 5.75 Å². The molecule has 2 heterocycles. The van der Waals surface area contributed by atoms with E-state index in [1.54, 1.807) is 59.4 Å². The van der Waals surface area contributed by atoms with Crippen molar-refractivity contribution in [2.45, 2.75) is 26.7 Å². The first kappa shape index (κ1) is 19.4. The van der Waals surface area contributed by atoms with Crippen LogP contribution in [0.25, 0.3) is 0 Å². The fraction of sp³-hybridized carbons (Fsp3) is 0.278. The predicted octanol–water partition coefficient (Wildman–Crippen LogP) is 3.82. The van der Waals surface area contributed by atoms with E-state index in [1.165, 1.54) is 0 Å². The molecule has 0 N–H and O–H groups in total. The maximum absolute atomic E-state index is 12.7. The van der Waals surface area contributed by atoms with E-state index in [1.807, 2.05) is 11.6 Å². The third-order valence-corrected chi connectivity index (χ3v) is 4.88. The topological polar surface area (TPSA) is 65.2 Å². The van der Waals surface area contributed by atoms with Crippen molar-refractivity contribution in [2.75, 3.05) is 7.05 Å². The molecule has 9 heteroatoms. The summed E-state index contributed by atoms with van der Waals surface area (Å²) in [7, 11) is 1.74. The summed E-state index contributed by atoms with van der Waals surface area (Å²) in [5, 5.41) is 9.21. The fourth-order valence-corrected chi connectivity index (χ4v) is 3.08. The lowest BCUT2D eigenvalue weighted by molar-refractivity contribution is 0.0773. The van der Waals surface area contributed by atoms with Gasteiger partial charge in [0.25, 0.3) is 5.91 Å². The predicted molar refractivity (Wildman–Crippen MR) is 106 cm³/mol. The van der Waals surface area contributed by atoms with E-state index in [2.05, 4.69) is 26.1 Å². The molecule has 0 saturated carbocycles. The minimum Gasteiger partial charge on any atom is -0.471 e. The van der Waals surface area contributed by atoms with E-state index in [9.17, 15) is 4.79 Å². The molecular formula is C18H19BrClN5O2. The van der Waals surface area contributed by atoms with Gasteiger partial charge in [-0.25, -0.2) is 4.68 Å². The standard InChI is InChI=1S/C18H19BrClN5O2/c1-3-25-17(15(19)10-21-25)11-23(2)18(26)16-8-9-24(22-16)12-27-14-6-4-13(20)5-7-14/h4-10H,3,11-12H2,1-2H3. The summed E-state index contributed by atoms with van der Waals surface area (Å²) in [4.78, 5) is 14.3.